The molecule has 0 radical (unpaired) electrons. The molecule has 1 aromatic rings. The Labute approximate surface area is 121 Å². The van der Waals surface area contributed by atoms with Crippen molar-refractivity contribution in [2.45, 2.75) is 19.1 Å². The molecule has 0 bridgehead atoms. The second-order valence-corrected chi connectivity index (χ2v) is 4.61. The van der Waals surface area contributed by atoms with Crippen molar-refractivity contribution in [3.8, 4) is 0 Å². The summed E-state index contributed by atoms with van der Waals surface area (Å²) in [5.74, 6) is -1.29. The lowest BCUT2D eigenvalue weighted by molar-refractivity contribution is -0.384. The number of rotatable bonds is 4. The maximum absolute atomic E-state index is 12.7. The van der Waals surface area contributed by atoms with Gasteiger partial charge in [0.05, 0.1) is 15.5 Å². The summed E-state index contributed by atoms with van der Waals surface area (Å²) in [7, 11) is 1.21. The van der Waals surface area contributed by atoms with Crippen LogP contribution in [0.3, 0.4) is 0 Å². The van der Waals surface area contributed by atoms with E-state index in [1.54, 1.807) is 0 Å². The van der Waals surface area contributed by atoms with Gasteiger partial charge in [-0.25, -0.2) is 4.79 Å². The molecule has 1 aromatic carbocycles. The van der Waals surface area contributed by atoms with E-state index < -0.39 is 39.4 Å². The van der Waals surface area contributed by atoms with E-state index in [1.807, 2.05) is 0 Å². The topological polar surface area (TPSA) is 83.7 Å². The smallest absolute Gasteiger partial charge is 0.418 e. The third kappa shape index (κ3) is 3.54. The number of benzene rings is 1. The standard InChI is InChI=1S/C11H10ClF3N2O4/c1-5(10(18)19)16(2)8-4-7(12)6(11(13,14)15)3-9(8)17(20)21/h3-5H,1-2H3,(H,18,19). The van der Waals surface area contributed by atoms with E-state index in [0.29, 0.717) is 6.07 Å². The molecule has 21 heavy (non-hydrogen) atoms. The molecule has 0 aliphatic carbocycles. The summed E-state index contributed by atoms with van der Waals surface area (Å²) in [6.45, 7) is 1.23. The molecule has 0 heterocycles. The average molecular weight is 327 g/mol. The van der Waals surface area contributed by atoms with Crippen molar-refractivity contribution in [3.05, 3.63) is 32.8 Å². The number of carboxylic acid groups (broad SMARTS) is 1. The third-order valence-electron chi connectivity index (χ3n) is 2.88. The number of aliphatic carboxylic acids is 1. The number of nitro groups is 1. The lowest BCUT2D eigenvalue weighted by Crippen LogP contribution is -2.36. The maximum atomic E-state index is 12.7. The van der Waals surface area contributed by atoms with Gasteiger partial charge >= 0.3 is 12.1 Å². The fourth-order valence-electron chi connectivity index (χ4n) is 1.57. The van der Waals surface area contributed by atoms with E-state index in [1.165, 1.54) is 14.0 Å². The van der Waals surface area contributed by atoms with Gasteiger partial charge in [0, 0.05) is 13.1 Å². The van der Waals surface area contributed by atoms with Gasteiger partial charge in [0.25, 0.3) is 5.69 Å². The van der Waals surface area contributed by atoms with Crippen LogP contribution in [0.25, 0.3) is 0 Å². The number of alkyl halides is 3. The Morgan fingerprint density at radius 3 is 2.38 bits per heavy atom. The minimum Gasteiger partial charge on any atom is -0.480 e. The molecule has 0 aromatic heterocycles. The van der Waals surface area contributed by atoms with Gasteiger partial charge in [0.1, 0.15) is 11.7 Å². The molecule has 1 unspecified atom stereocenters. The highest BCUT2D eigenvalue weighted by molar-refractivity contribution is 6.31. The Hall–Kier alpha value is -2.03. The normalized spacial score (nSPS) is 12.9. The highest BCUT2D eigenvalue weighted by atomic mass is 35.5. The predicted octanol–water partition coefficient (Wildman–Crippen LogP) is 3.18. The van der Waals surface area contributed by atoms with Gasteiger partial charge in [-0.3, -0.25) is 10.1 Å². The van der Waals surface area contributed by atoms with Crippen molar-refractivity contribution in [1.29, 1.82) is 0 Å². The van der Waals surface area contributed by atoms with Crippen molar-refractivity contribution < 1.29 is 28.0 Å². The monoisotopic (exact) mass is 326 g/mol. The quantitative estimate of drug-likeness (QED) is 0.678. The van der Waals surface area contributed by atoms with Crippen LogP contribution < -0.4 is 4.90 Å². The molecule has 0 saturated carbocycles. The minimum absolute atomic E-state index is 0.294. The lowest BCUT2D eigenvalue weighted by atomic mass is 10.1. The number of likely N-dealkylation sites (N-methyl/N-ethyl adjacent to an activating group) is 1. The first-order valence-corrected chi connectivity index (χ1v) is 5.85. The summed E-state index contributed by atoms with van der Waals surface area (Å²) in [5.41, 5.74) is -2.54. The van der Waals surface area contributed by atoms with Gasteiger partial charge in [0.2, 0.25) is 0 Å². The van der Waals surface area contributed by atoms with E-state index in [-0.39, 0.29) is 5.69 Å². The highest BCUT2D eigenvalue weighted by Crippen LogP contribution is 2.41. The van der Waals surface area contributed by atoms with Gasteiger partial charge in [-0.1, -0.05) is 11.6 Å². The van der Waals surface area contributed by atoms with Crippen LogP contribution in [0.5, 0.6) is 0 Å². The molecule has 116 valence electrons. The van der Waals surface area contributed by atoms with E-state index in [9.17, 15) is 28.1 Å². The molecule has 0 fully saturated rings. The largest absolute Gasteiger partial charge is 0.480 e. The molecule has 0 aliphatic rings. The fraction of sp³-hybridized carbons (Fsp3) is 0.364. The number of carboxylic acids is 1. The summed E-state index contributed by atoms with van der Waals surface area (Å²) >= 11 is 5.50. The number of anilines is 1. The van der Waals surface area contributed by atoms with Gasteiger partial charge < -0.3 is 10.0 Å². The van der Waals surface area contributed by atoms with Gasteiger partial charge in [-0.2, -0.15) is 13.2 Å². The molecule has 6 nitrogen and oxygen atoms in total. The summed E-state index contributed by atoms with van der Waals surface area (Å²) in [6, 6.07) is -0.151. The zero-order valence-corrected chi connectivity index (χ0v) is 11.6. The molecule has 0 aliphatic heterocycles. The highest BCUT2D eigenvalue weighted by Gasteiger charge is 2.37. The Balaban J connectivity index is 3.50. The zero-order valence-electron chi connectivity index (χ0n) is 10.8. The second kappa shape index (κ2) is 5.76. The number of hydrogen-bond donors (Lipinski definition) is 1. The van der Waals surface area contributed by atoms with Crippen LogP contribution in [0.4, 0.5) is 24.5 Å². The number of hydrogen-bond acceptors (Lipinski definition) is 4. The van der Waals surface area contributed by atoms with Crippen LogP contribution in [0, 0.1) is 10.1 Å². The Bertz CT molecular complexity index is 592. The van der Waals surface area contributed by atoms with Gasteiger partial charge in [-0.15, -0.1) is 0 Å². The van der Waals surface area contributed by atoms with E-state index in [2.05, 4.69) is 0 Å². The van der Waals surface area contributed by atoms with Crippen molar-refractivity contribution >= 4 is 28.9 Å². The summed E-state index contributed by atoms with van der Waals surface area (Å²) in [5, 5.41) is 19.1. The van der Waals surface area contributed by atoms with Crippen molar-refractivity contribution in [2.24, 2.45) is 0 Å². The van der Waals surface area contributed by atoms with E-state index in [4.69, 9.17) is 16.7 Å². The van der Waals surface area contributed by atoms with Crippen LogP contribution in [0.15, 0.2) is 12.1 Å². The van der Waals surface area contributed by atoms with Crippen molar-refractivity contribution in [3.63, 3.8) is 0 Å². The first-order valence-electron chi connectivity index (χ1n) is 5.47. The summed E-state index contributed by atoms with van der Waals surface area (Å²) in [4.78, 5) is 21.8. The molecule has 10 heteroatoms. The Morgan fingerprint density at radius 2 is 2.00 bits per heavy atom. The molecular formula is C11H10ClF3N2O4. The maximum Gasteiger partial charge on any atom is 0.418 e. The second-order valence-electron chi connectivity index (χ2n) is 4.20. The fourth-order valence-corrected chi connectivity index (χ4v) is 1.84. The van der Waals surface area contributed by atoms with Crippen LogP contribution in [0.1, 0.15) is 12.5 Å². The molecule has 1 rings (SSSR count). The Kier molecular flexibility index (Phi) is 4.67. The molecule has 1 atom stereocenters. The van der Waals surface area contributed by atoms with Crippen LogP contribution in [0.2, 0.25) is 5.02 Å². The molecule has 0 spiro atoms. The number of halogens is 4. The predicted molar refractivity (Wildman–Crippen MR) is 68.6 cm³/mol. The Morgan fingerprint density at radius 1 is 1.48 bits per heavy atom. The molecular weight excluding hydrogens is 317 g/mol. The van der Waals surface area contributed by atoms with Gasteiger partial charge in [-0.05, 0) is 13.0 Å². The third-order valence-corrected chi connectivity index (χ3v) is 3.20. The number of carbonyl (C=O) groups is 1. The van der Waals surface area contributed by atoms with Crippen LogP contribution in [-0.2, 0) is 11.0 Å². The zero-order chi connectivity index (χ0) is 16.5. The van der Waals surface area contributed by atoms with E-state index >= 15 is 0 Å². The lowest BCUT2D eigenvalue weighted by Gasteiger charge is -2.24. The van der Waals surface area contributed by atoms with Gasteiger partial charge in [0.15, 0.2) is 0 Å². The number of nitrogens with zero attached hydrogens (tertiary/aromatic N) is 2. The first kappa shape index (κ1) is 17.0. The minimum atomic E-state index is -4.85. The summed E-state index contributed by atoms with van der Waals surface area (Å²) in [6.07, 6.45) is -4.85. The van der Waals surface area contributed by atoms with E-state index in [0.717, 1.165) is 11.0 Å². The van der Waals surface area contributed by atoms with Crippen LogP contribution in [-0.4, -0.2) is 29.1 Å². The molecule has 0 amide bonds. The average Bonchev–Trinajstić information content (AvgIpc) is 2.34. The molecule has 0 saturated heterocycles. The van der Waals surface area contributed by atoms with Crippen molar-refractivity contribution in [2.75, 3.05) is 11.9 Å². The van der Waals surface area contributed by atoms with Crippen molar-refractivity contribution in [1.82, 2.24) is 0 Å². The number of nitro benzene ring substituents is 1. The summed E-state index contributed by atoms with van der Waals surface area (Å²) < 4.78 is 38.1. The molecule has 1 N–H and O–H groups in total. The van der Waals surface area contributed by atoms with Crippen LogP contribution >= 0.6 is 11.6 Å². The first-order chi connectivity index (χ1) is 9.46. The SMILES string of the molecule is CC(C(=O)O)N(C)c1cc(Cl)c(C(F)(F)F)cc1[N+](=O)[O-].